The van der Waals surface area contributed by atoms with Gasteiger partial charge in [0.05, 0.1) is 17.3 Å². The van der Waals surface area contributed by atoms with E-state index in [1.807, 2.05) is 0 Å². The topological polar surface area (TPSA) is 38.3 Å². The number of hydrogen-bond donors (Lipinski definition) is 1. The van der Waals surface area contributed by atoms with Crippen LogP contribution in [0.25, 0.3) is 0 Å². The number of halogens is 2. The Morgan fingerprint density at radius 2 is 2.31 bits per heavy atom. The van der Waals surface area contributed by atoms with Crippen LogP contribution in [0, 0.1) is 5.82 Å². The Balaban J connectivity index is 2.69. The molecule has 5 heteroatoms. The summed E-state index contributed by atoms with van der Waals surface area (Å²) in [5, 5.41) is 3.08. The summed E-state index contributed by atoms with van der Waals surface area (Å²) in [4.78, 5) is 11.3. The van der Waals surface area contributed by atoms with Crippen LogP contribution < -0.4 is 5.32 Å². The molecule has 0 spiro atoms. The van der Waals surface area contributed by atoms with Gasteiger partial charge in [-0.2, -0.15) is 0 Å². The molecule has 0 fully saturated rings. The lowest BCUT2D eigenvalue weighted by Gasteiger charge is -2.14. The number of benzene rings is 1. The Bertz CT molecular complexity index is 384. The minimum atomic E-state index is -0.525. The zero-order valence-corrected chi connectivity index (χ0v) is 9.84. The monoisotopic (exact) mass is 245 g/mol. The highest BCUT2D eigenvalue weighted by molar-refractivity contribution is 6.33. The van der Waals surface area contributed by atoms with Gasteiger partial charge in [0, 0.05) is 0 Å². The maximum atomic E-state index is 12.8. The Labute approximate surface area is 98.5 Å². The van der Waals surface area contributed by atoms with Crippen molar-refractivity contribution in [3.8, 4) is 0 Å². The number of hydrogen-bond acceptors (Lipinski definition) is 3. The lowest BCUT2D eigenvalue weighted by molar-refractivity contribution is -0.143. The van der Waals surface area contributed by atoms with Gasteiger partial charge in [0.2, 0.25) is 0 Å². The molecule has 1 aromatic rings. The number of nitrogens with one attached hydrogen (secondary N) is 1. The second-order valence-corrected chi connectivity index (χ2v) is 3.65. The number of rotatable bonds is 4. The van der Waals surface area contributed by atoms with E-state index in [4.69, 9.17) is 16.3 Å². The number of ether oxygens (including phenoxy) is 1. The molecule has 1 atom stereocenters. The quantitative estimate of drug-likeness (QED) is 0.829. The van der Waals surface area contributed by atoms with E-state index >= 15 is 0 Å². The fraction of sp³-hybridized carbons (Fsp3) is 0.364. The summed E-state index contributed by atoms with van der Waals surface area (Å²) in [5.74, 6) is -0.790. The third kappa shape index (κ3) is 3.38. The summed E-state index contributed by atoms with van der Waals surface area (Å²) in [6, 6.07) is 3.41. The molecule has 88 valence electrons. The number of carbonyl (C=O) groups is 1. The minimum Gasteiger partial charge on any atom is -0.464 e. The van der Waals surface area contributed by atoms with Crippen molar-refractivity contribution in [3.63, 3.8) is 0 Å². The molecule has 0 aliphatic carbocycles. The van der Waals surface area contributed by atoms with E-state index < -0.39 is 11.9 Å². The predicted molar refractivity (Wildman–Crippen MR) is 61.1 cm³/mol. The van der Waals surface area contributed by atoms with Crippen molar-refractivity contribution in [1.29, 1.82) is 0 Å². The fourth-order valence-corrected chi connectivity index (χ4v) is 1.39. The highest BCUT2D eigenvalue weighted by atomic mass is 35.5. The van der Waals surface area contributed by atoms with Crippen molar-refractivity contribution in [2.75, 3.05) is 11.9 Å². The second kappa shape index (κ2) is 5.70. The first kappa shape index (κ1) is 12.8. The molecule has 16 heavy (non-hydrogen) atoms. The van der Waals surface area contributed by atoms with Crippen LogP contribution in [0.3, 0.4) is 0 Å². The first-order chi connectivity index (χ1) is 7.54. The molecule has 1 N–H and O–H groups in total. The van der Waals surface area contributed by atoms with E-state index in [9.17, 15) is 9.18 Å². The molecular formula is C11H13ClFNO2. The average Bonchev–Trinajstić information content (AvgIpc) is 2.22. The van der Waals surface area contributed by atoms with Crippen molar-refractivity contribution in [3.05, 3.63) is 29.0 Å². The van der Waals surface area contributed by atoms with Gasteiger partial charge in [0.15, 0.2) is 0 Å². The molecule has 1 aromatic carbocycles. The van der Waals surface area contributed by atoms with Crippen molar-refractivity contribution < 1.29 is 13.9 Å². The molecule has 1 rings (SSSR count). The van der Waals surface area contributed by atoms with Gasteiger partial charge >= 0.3 is 5.97 Å². The summed E-state index contributed by atoms with van der Waals surface area (Å²) in [7, 11) is 0. The minimum absolute atomic E-state index is 0.233. The predicted octanol–water partition coefficient (Wildman–Crippen LogP) is 2.84. The first-order valence-electron chi connectivity index (χ1n) is 4.92. The maximum absolute atomic E-state index is 12.8. The van der Waals surface area contributed by atoms with Gasteiger partial charge in [-0.15, -0.1) is 0 Å². The van der Waals surface area contributed by atoms with Crippen molar-refractivity contribution in [2.24, 2.45) is 0 Å². The van der Waals surface area contributed by atoms with E-state index in [1.165, 1.54) is 18.2 Å². The summed E-state index contributed by atoms with van der Waals surface area (Å²) < 4.78 is 17.6. The van der Waals surface area contributed by atoms with Gasteiger partial charge in [0.1, 0.15) is 11.9 Å². The van der Waals surface area contributed by atoms with Gasteiger partial charge in [-0.3, -0.25) is 0 Å². The number of anilines is 1. The third-order valence-electron chi connectivity index (χ3n) is 1.94. The van der Waals surface area contributed by atoms with Crippen LogP contribution in [0.4, 0.5) is 10.1 Å². The van der Waals surface area contributed by atoms with Crippen molar-refractivity contribution in [1.82, 2.24) is 0 Å². The second-order valence-electron chi connectivity index (χ2n) is 3.24. The molecule has 0 radical (unpaired) electrons. The molecule has 0 saturated carbocycles. The Hall–Kier alpha value is -1.29. The van der Waals surface area contributed by atoms with Crippen LogP contribution in [0.2, 0.25) is 5.02 Å². The molecule has 3 nitrogen and oxygen atoms in total. The molecule has 0 saturated heterocycles. The normalized spacial score (nSPS) is 12.0. The van der Waals surface area contributed by atoms with Crippen LogP contribution >= 0.6 is 11.6 Å². The summed E-state index contributed by atoms with van der Waals surface area (Å²) in [6.07, 6.45) is 0. The van der Waals surface area contributed by atoms with E-state index in [0.29, 0.717) is 12.3 Å². The van der Waals surface area contributed by atoms with Crippen LogP contribution in [0.5, 0.6) is 0 Å². The van der Waals surface area contributed by atoms with Crippen LogP contribution in [-0.4, -0.2) is 18.6 Å². The Morgan fingerprint density at radius 3 is 2.88 bits per heavy atom. The summed E-state index contributed by atoms with van der Waals surface area (Å²) in [6.45, 7) is 3.70. The van der Waals surface area contributed by atoms with Crippen LogP contribution in [0.15, 0.2) is 18.2 Å². The van der Waals surface area contributed by atoms with E-state index in [1.54, 1.807) is 13.8 Å². The molecule has 0 amide bonds. The maximum Gasteiger partial charge on any atom is 0.328 e. The summed E-state index contributed by atoms with van der Waals surface area (Å²) >= 11 is 5.80. The van der Waals surface area contributed by atoms with Crippen LogP contribution in [-0.2, 0) is 9.53 Å². The van der Waals surface area contributed by atoms with Gasteiger partial charge in [-0.1, -0.05) is 11.6 Å². The van der Waals surface area contributed by atoms with Gasteiger partial charge in [-0.25, -0.2) is 9.18 Å². The third-order valence-corrected chi connectivity index (χ3v) is 2.26. The molecule has 0 aliphatic heterocycles. The van der Waals surface area contributed by atoms with Gasteiger partial charge < -0.3 is 10.1 Å². The lowest BCUT2D eigenvalue weighted by Crippen LogP contribution is -2.28. The number of carbonyl (C=O) groups excluding carboxylic acids is 1. The van der Waals surface area contributed by atoms with Gasteiger partial charge in [0.25, 0.3) is 0 Å². The largest absolute Gasteiger partial charge is 0.464 e. The van der Waals surface area contributed by atoms with Crippen LogP contribution in [0.1, 0.15) is 13.8 Å². The zero-order valence-electron chi connectivity index (χ0n) is 9.09. The first-order valence-corrected chi connectivity index (χ1v) is 5.30. The molecule has 1 unspecified atom stereocenters. The average molecular weight is 246 g/mol. The molecule has 0 aromatic heterocycles. The SMILES string of the molecule is CCOC(=O)C(C)Nc1ccc(F)cc1Cl. The zero-order chi connectivity index (χ0) is 12.1. The Kier molecular flexibility index (Phi) is 4.55. The Morgan fingerprint density at radius 1 is 1.62 bits per heavy atom. The number of esters is 1. The standard InChI is InChI=1S/C11H13ClFNO2/c1-3-16-11(15)7(2)14-10-5-4-8(13)6-9(10)12/h4-7,14H,3H2,1-2H3. The fourth-order valence-electron chi connectivity index (χ4n) is 1.17. The summed E-state index contributed by atoms with van der Waals surface area (Å²) in [5.41, 5.74) is 0.503. The van der Waals surface area contributed by atoms with Crippen molar-refractivity contribution >= 4 is 23.3 Å². The lowest BCUT2D eigenvalue weighted by atomic mass is 10.2. The highest BCUT2D eigenvalue weighted by Gasteiger charge is 2.14. The van der Waals surface area contributed by atoms with Gasteiger partial charge in [-0.05, 0) is 32.0 Å². The van der Waals surface area contributed by atoms with Crippen molar-refractivity contribution in [2.45, 2.75) is 19.9 Å². The van der Waals surface area contributed by atoms with E-state index in [-0.39, 0.29) is 11.0 Å². The molecule has 0 bridgehead atoms. The highest BCUT2D eigenvalue weighted by Crippen LogP contribution is 2.23. The smallest absolute Gasteiger partial charge is 0.328 e. The molecular weight excluding hydrogens is 233 g/mol. The molecule has 0 heterocycles. The van der Waals surface area contributed by atoms with E-state index in [2.05, 4.69) is 5.32 Å². The molecule has 0 aliphatic rings. The van der Waals surface area contributed by atoms with E-state index in [0.717, 1.165) is 0 Å².